The fraction of sp³-hybridized carbons (Fsp3) is 0.250. The van der Waals surface area contributed by atoms with Crippen LogP contribution in [-0.4, -0.2) is 31.4 Å². The Hall–Kier alpha value is -3.06. The molecule has 28 heavy (non-hydrogen) atoms. The zero-order valence-electron chi connectivity index (χ0n) is 15.5. The van der Waals surface area contributed by atoms with E-state index >= 15 is 0 Å². The third-order valence-electron chi connectivity index (χ3n) is 4.39. The van der Waals surface area contributed by atoms with Crippen LogP contribution in [0.3, 0.4) is 0 Å². The fourth-order valence-corrected chi connectivity index (χ4v) is 3.27. The van der Waals surface area contributed by atoms with Crippen molar-refractivity contribution < 1.29 is 19.1 Å². The summed E-state index contributed by atoms with van der Waals surface area (Å²) in [5.41, 5.74) is 1.68. The molecule has 3 rings (SSSR count). The van der Waals surface area contributed by atoms with Crippen LogP contribution in [-0.2, 0) is 14.4 Å². The topological polar surface area (TPSA) is 87.7 Å². The number of anilines is 3. The van der Waals surface area contributed by atoms with Crippen LogP contribution < -0.4 is 20.3 Å². The van der Waals surface area contributed by atoms with Gasteiger partial charge >= 0.3 is 0 Å². The van der Waals surface area contributed by atoms with Gasteiger partial charge < -0.3 is 20.3 Å². The highest BCUT2D eigenvalue weighted by molar-refractivity contribution is 6.31. The summed E-state index contributed by atoms with van der Waals surface area (Å²) in [7, 11) is 1.50. The highest BCUT2D eigenvalue weighted by Gasteiger charge is 2.35. The van der Waals surface area contributed by atoms with Crippen molar-refractivity contribution in [3.8, 4) is 5.75 Å². The van der Waals surface area contributed by atoms with E-state index in [4.69, 9.17) is 16.3 Å². The number of nitrogens with one attached hydrogen (secondary N) is 2. The summed E-state index contributed by atoms with van der Waals surface area (Å²) in [6.07, 6.45) is 0.0963. The minimum atomic E-state index is -0.513. The van der Waals surface area contributed by atoms with Crippen molar-refractivity contribution >= 4 is 46.4 Å². The Bertz CT molecular complexity index is 931. The molecule has 1 aliphatic heterocycles. The highest BCUT2D eigenvalue weighted by atomic mass is 35.5. The highest BCUT2D eigenvalue weighted by Crippen LogP contribution is 2.31. The van der Waals surface area contributed by atoms with Gasteiger partial charge in [0.1, 0.15) is 5.75 Å². The summed E-state index contributed by atoms with van der Waals surface area (Å²) in [6.45, 7) is 1.66. The average molecular weight is 402 g/mol. The predicted molar refractivity (Wildman–Crippen MR) is 108 cm³/mol. The standard InChI is InChI=1S/C20H20ClN3O4/c1-12(25)22-15-4-3-5-16(10-15)24-11-13(8-19(24)26)20(27)23-17-9-14(21)6-7-18(17)28-2/h3-7,9-10,13H,8,11H2,1-2H3,(H,22,25)(H,23,27). The van der Waals surface area contributed by atoms with Gasteiger partial charge in [0, 0.05) is 36.3 Å². The maximum absolute atomic E-state index is 12.7. The van der Waals surface area contributed by atoms with E-state index in [-0.39, 0.29) is 30.7 Å². The molecule has 1 aliphatic rings. The van der Waals surface area contributed by atoms with Gasteiger partial charge in [-0.15, -0.1) is 0 Å². The monoisotopic (exact) mass is 401 g/mol. The molecular weight excluding hydrogens is 382 g/mol. The van der Waals surface area contributed by atoms with E-state index in [9.17, 15) is 14.4 Å². The smallest absolute Gasteiger partial charge is 0.229 e. The number of methoxy groups -OCH3 is 1. The lowest BCUT2D eigenvalue weighted by Gasteiger charge is -2.18. The molecule has 0 radical (unpaired) electrons. The summed E-state index contributed by atoms with van der Waals surface area (Å²) in [5, 5.41) is 5.94. The number of rotatable bonds is 5. The van der Waals surface area contributed by atoms with Crippen molar-refractivity contribution in [2.45, 2.75) is 13.3 Å². The van der Waals surface area contributed by atoms with Crippen LogP contribution in [0.5, 0.6) is 5.75 Å². The molecule has 146 valence electrons. The molecule has 1 heterocycles. The third-order valence-corrected chi connectivity index (χ3v) is 4.63. The maximum Gasteiger partial charge on any atom is 0.229 e. The molecule has 1 saturated heterocycles. The van der Waals surface area contributed by atoms with Crippen molar-refractivity contribution in [1.29, 1.82) is 0 Å². The largest absolute Gasteiger partial charge is 0.495 e. The Morgan fingerprint density at radius 1 is 1.18 bits per heavy atom. The van der Waals surface area contributed by atoms with E-state index in [1.807, 2.05) is 0 Å². The van der Waals surface area contributed by atoms with Crippen molar-refractivity contribution in [3.05, 3.63) is 47.5 Å². The number of halogens is 1. The minimum Gasteiger partial charge on any atom is -0.495 e. The number of hydrogen-bond acceptors (Lipinski definition) is 4. The number of ether oxygens (including phenoxy) is 1. The summed E-state index contributed by atoms with van der Waals surface area (Å²) < 4.78 is 5.24. The molecule has 3 amide bonds. The Balaban J connectivity index is 1.73. The lowest BCUT2D eigenvalue weighted by Crippen LogP contribution is -2.28. The number of benzene rings is 2. The van der Waals surface area contributed by atoms with Gasteiger partial charge in [0.05, 0.1) is 18.7 Å². The first-order chi connectivity index (χ1) is 13.4. The van der Waals surface area contributed by atoms with Crippen molar-refractivity contribution in [2.75, 3.05) is 29.2 Å². The zero-order chi connectivity index (χ0) is 20.3. The van der Waals surface area contributed by atoms with Crippen molar-refractivity contribution in [3.63, 3.8) is 0 Å². The lowest BCUT2D eigenvalue weighted by molar-refractivity contribution is -0.122. The molecule has 0 aromatic heterocycles. The van der Waals surface area contributed by atoms with E-state index in [2.05, 4.69) is 10.6 Å². The molecule has 0 aliphatic carbocycles. The normalized spacial score (nSPS) is 16.0. The molecule has 2 aromatic carbocycles. The van der Waals surface area contributed by atoms with Crippen LogP contribution in [0.15, 0.2) is 42.5 Å². The Labute approximate surface area is 167 Å². The molecule has 2 aromatic rings. The number of nitrogens with zero attached hydrogens (tertiary/aromatic N) is 1. The molecule has 7 nitrogen and oxygen atoms in total. The van der Waals surface area contributed by atoms with Gasteiger partial charge in [-0.25, -0.2) is 0 Å². The second-order valence-corrected chi connectivity index (χ2v) is 6.91. The Morgan fingerprint density at radius 2 is 1.96 bits per heavy atom. The maximum atomic E-state index is 12.7. The van der Waals surface area contributed by atoms with Gasteiger partial charge in [-0.2, -0.15) is 0 Å². The van der Waals surface area contributed by atoms with Gasteiger partial charge in [-0.3, -0.25) is 14.4 Å². The zero-order valence-corrected chi connectivity index (χ0v) is 16.2. The first kappa shape index (κ1) is 19.7. The SMILES string of the molecule is COc1ccc(Cl)cc1NC(=O)C1CC(=O)N(c2cccc(NC(C)=O)c2)C1. The summed E-state index contributed by atoms with van der Waals surface area (Å²) in [6, 6.07) is 11.9. The van der Waals surface area contributed by atoms with Gasteiger partial charge in [-0.1, -0.05) is 17.7 Å². The number of carbonyl (C=O) groups is 3. The van der Waals surface area contributed by atoms with E-state index < -0.39 is 5.92 Å². The van der Waals surface area contributed by atoms with Crippen LogP contribution >= 0.6 is 11.6 Å². The summed E-state index contributed by atoms with van der Waals surface area (Å²) >= 11 is 5.99. The second kappa shape index (κ2) is 8.31. The van der Waals surface area contributed by atoms with Crippen LogP contribution in [0.25, 0.3) is 0 Å². The van der Waals surface area contributed by atoms with Crippen LogP contribution in [0.4, 0.5) is 17.1 Å². The lowest BCUT2D eigenvalue weighted by atomic mass is 10.1. The molecule has 1 atom stereocenters. The van der Waals surface area contributed by atoms with Gasteiger partial charge in [0.2, 0.25) is 17.7 Å². The van der Waals surface area contributed by atoms with Gasteiger partial charge in [0.25, 0.3) is 0 Å². The number of hydrogen-bond donors (Lipinski definition) is 2. The number of carbonyl (C=O) groups excluding carboxylic acids is 3. The molecule has 0 spiro atoms. The van der Waals surface area contributed by atoms with Crippen LogP contribution in [0.1, 0.15) is 13.3 Å². The molecule has 1 unspecified atom stereocenters. The molecule has 8 heteroatoms. The van der Waals surface area contributed by atoms with E-state index in [0.717, 1.165) is 0 Å². The minimum absolute atomic E-state index is 0.0963. The average Bonchev–Trinajstić information content (AvgIpc) is 3.03. The number of amides is 3. The van der Waals surface area contributed by atoms with Gasteiger partial charge in [0.15, 0.2) is 0 Å². The molecule has 0 bridgehead atoms. The first-order valence-electron chi connectivity index (χ1n) is 8.70. The molecular formula is C20H20ClN3O4. The fourth-order valence-electron chi connectivity index (χ4n) is 3.10. The van der Waals surface area contributed by atoms with Gasteiger partial charge in [-0.05, 0) is 36.4 Å². The van der Waals surface area contributed by atoms with Crippen molar-refractivity contribution in [1.82, 2.24) is 0 Å². The summed E-state index contributed by atoms with van der Waals surface area (Å²) in [5.74, 6) is -0.659. The third kappa shape index (κ3) is 4.43. The van der Waals surface area contributed by atoms with E-state index in [1.165, 1.54) is 14.0 Å². The molecule has 0 saturated carbocycles. The van der Waals surface area contributed by atoms with E-state index in [0.29, 0.717) is 27.8 Å². The second-order valence-electron chi connectivity index (χ2n) is 6.47. The molecule has 2 N–H and O–H groups in total. The molecule has 1 fully saturated rings. The van der Waals surface area contributed by atoms with Crippen LogP contribution in [0, 0.1) is 5.92 Å². The Kier molecular flexibility index (Phi) is 5.84. The van der Waals surface area contributed by atoms with Crippen molar-refractivity contribution in [2.24, 2.45) is 5.92 Å². The van der Waals surface area contributed by atoms with Crippen LogP contribution in [0.2, 0.25) is 5.02 Å². The quantitative estimate of drug-likeness (QED) is 0.804. The first-order valence-corrected chi connectivity index (χ1v) is 9.07. The predicted octanol–water partition coefficient (Wildman–Crippen LogP) is 3.30. The summed E-state index contributed by atoms with van der Waals surface area (Å²) in [4.78, 5) is 37.9. The Morgan fingerprint density at radius 3 is 2.68 bits per heavy atom. The van der Waals surface area contributed by atoms with E-state index in [1.54, 1.807) is 47.4 Å².